The van der Waals surface area contributed by atoms with E-state index in [4.69, 9.17) is 0 Å². The summed E-state index contributed by atoms with van der Waals surface area (Å²) < 4.78 is 66.2. The van der Waals surface area contributed by atoms with E-state index in [1.807, 2.05) is 4.72 Å². The number of benzene rings is 2. The number of fused-ring (bicyclic) bond motifs is 1. The SMILES string of the molecule is O=C1CCSc2ccc(S(=O)(=O)Nc3ccccc3C(F)(F)F)cc2N1. The van der Waals surface area contributed by atoms with Gasteiger partial charge in [0.2, 0.25) is 5.91 Å². The van der Waals surface area contributed by atoms with Crippen LogP contribution in [-0.4, -0.2) is 20.1 Å². The smallest absolute Gasteiger partial charge is 0.325 e. The van der Waals surface area contributed by atoms with Gasteiger partial charge in [0.05, 0.1) is 21.8 Å². The molecular formula is C16H13F3N2O3S2. The van der Waals surface area contributed by atoms with Crippen molar-refractivity contribution >= 4 is 39.1 Å². The Morgan fingerprint density at radius 3 is 2.58 bits per heavy atom. The monoisotopic (exact) mass is 402 g/mol. The second kappa shape index (κ2) is 6.84. The zero-order valence-corrected chi connectivity index (χ0v) is 14.8. The summed E-state index contributed by atoms with van der Waals surface area (Å²) in [5, 5.41) is 2.60. The van der Waals surface area contributed by atoms with Crippen LogP contribution in [0.15, 0.2) is 52.3 Å². The van der Waals surface area contributed by atoms with E-state index < -0.39 is 27.5 Å². The molecule has 2 aromatic rings. The lowest BCUT2D eigenvalue weighted by molar-refractivity contribution is -0.136. The van der Waals surface area contributed by atoms with E-state index in [-0.39, 0.29) is 10.8 Å². The minimum absolute atomic E-state index is 0.240. The average molecular weight is 402 g/mol. The molecule has 1 aliphatic heterocycles. The maximum atomic E-state index is 13.1. The zero-order chi connectivity index (χ0) is 18.9. The molecule has 0 unspecified atom stereocenters. The molecule has 26 heavy (non-hydrogen) atoms. The van der Waals surface area contributed by atoms with Gasteiger partial charge in [-0.25, -0.2) is 8.42 Å². The molecule has 0 fully saturated rings. The molecule has 5 nitrogen and oxygen atoms in total. The van der Waals surface area contributed by atoms with Gasteiger partial charge in [-0.1, -0.05) is 12.1 Å². The summed E-state index contributed by atoms with van der Waals surface area (Å²) in [6.45, 7) is 0. The number of thioether (sulfide) groups is 1. The molecule has 1 heterocycles. The van der Waals surface area contributed by atoms with E-state index in [0.717, 1.165) is 12.1 Å². The number of rotatable bonds is 3. The van der Waals surface area contributed by atoms with Gasteiger partial charge in [-0.2, -0.15) is 13.2 Å². The Kier molecular flexibility index (Phi) is 4.89. The highest BCUT2D eigenvalue weighted by Gasteiger charge is 2.34. The van der Waals surface area contributed by atoms with Crippen LogP contribution in [0.25, 0.3) is 0 Å². The Balaban J connectivity index is 1.97. The van der Waals surface area contributed by atoms with Crippen LogP contribution in [0.1, 0.15) is 12.0 Å². The van der Waals surface area contributed by atoms with Gasteiger partial charge in [0.1, 0.15) is 0 Å². The summed E-state index contributed by atoms with van der Waals surface area (Å²) in [6, 6.07) is 8.38. The normalized spacial score (nSPS) is 15.0. The fraction of sp³-hybridized carbons (Fsp3) is 0.188. The molecule has 10 heteroatoms. The fourth-order valence-corrected chi connectivity index (χ4v) is 4.43. The third-order valence-corrected chi connectivity index (χ3v) is 6.04. The van der Waals surface area contributed by atoms with E-state index >= 15 is 0 Å². The van der Waals surface area contributed by atoms with E-state index in [2.05, 4.69) is 5.32 Å². The highest BCUT2D eigenvalue weighted by atomic mass is 32.2. The lowest BCUT2D eigenvalue weighted by Gasteiger charge is -2.15. The summed E-state index contributed by atoms with van der Waals surface area (Å²) in [5.74, 6) is 0.309. The maximum absolute atomic E-state index is 13.1. The molecule has 0 radical (unpaired) electrons. The minimum Gasteiger partial charge on any atom is -0.325 e. The first-order valence-corrected chi connectivity index (χ1v) is 9.89. The van der Waals surface area contributed by atoms with Crippen LogP contribution >= 0.6 is 11.8 Å². The number of para-hydroxylation sites is 1. The van der Waals surface area contributed by atoms with Crippen molar-refractivity contribution in [2.75, 3.05) is 15.8 Å². The lowest BCUT2D eigenvalue weighted by Crippen LogP contribution is -2.17. The van der Waals surface area contributed by atoms with E-state index in [1.165, 1.54) is 42.1 Å². The van der Waals surface area contributed by atoms with Crippen molar-refractivity contribution in [3.63, 3.8) is 0 Å². The number of amides is 1. The molecule has 2 N–H and O–H groups in total. The van der Waals surface area contributed by atoms with Crippen LogP contribution < -0.4 is 10.0 Å². The van der Waals surface area contributed by atoms with Gasteiger partial charge < -0.3 is 5.32 Å². The Bertz CT molecular complexity index is 959. The molecule has 0 aliphatic carbocycles. The Hall–Kier alpha value is -2.20. The average Bonchev–Trinajstić information content (AvgIpc) is 2.73. The minimum atomic E-state index is -4.70. The number of hydrogen-bond donors (Lipinski definition) is 2. The van der Waals surface area contributed by atoms with Crippen LogP contribution in [0.5, 0.6) is 0 Å². The number of anilines is 2. The predicted molar refractivity (Wildman–Crippen MR) is 92.7 cm³/mol. The highest BCUT2D eigenvalue weighted by molar-refractivity contribution is 7.99. The zero-order valence-electron chi connectivity index (χ0n) is 13.1. The largest absolute Gasteiger partial charge is 0.418 e. The number of carbonyl (C=O) groups excluding carboxylic acids is 1. The first-order valence-electron chi connectivity index (χ1n) is 7.42. The molecule has 2 aromatic carbocycles. The number of carbonyl (C=O) groups is 1. The fourth-order valence-electron chi connectivity index (χ4n) is 2.39. The quantitative estimate of drug-likeness (QED) is 0.816. The van der Waals surface area contributed by atoms with Crippen molar-refractivity contribution in [2.24, 2.45) is 0 Å². The molecule has 3 rings (SSSR count). The number of nitrogens with one attached hydrogen (secondary N) is 2. The summed E-state index contributed by atoms with van der Waals surface area (Å²) >= 11 is 1.40. The number of sulfonamides is 1. The summed E-state index contributed by atoms with van der Waals surface area (Å²) in [5.41, 5.74) is -1.32. The molecule has 0 saturated heterocycles. The first kappa shape index (κ1) is 18.6. The Morgan fingerprint density at radius 2 is 1.85 bits per heavy atom. The second-order valence-electron chi connectivity index (χ2n) is 5.45. The summed E-state index contributed by atoms with van der Waals surface area (Å²) in [4.78, 5) is 12.1. The van der Waals surface area contributed by atoms with Gasteiger partial charge in [0, 0.05) is 17.1 Å². The first-order chi connectivity index (χ1) is 12.2. The molecule has 138 valence electrons. The third-order valence-electron chi connectivity index (χ3n) is 3.60. The topological polar surface area (TPSA) is 75.3 Å². The van der Waals surface area contributed by atoms with Crippen molar-refractivity contribution in [1.82, 2.24) is 0 Å². The van der Waals surface area contributed by atoms with E-state index in [9.17, 15) is 26.4 Å². The van der Waals surface area contributed by atoms with Crippen molar-refractivity contribution in [3.8, 4) is 0 Å². The molecule has 0 bridgehead atoms. The van der Waals surface area contributed by atoms with Crippen molar-refractivity contribution in [3.05, 3.63) is 48.0 Å². The van der Waals surface area contributed by atoms with Gasteiger partial charge in [-0.3, -0.25) is 9.52 Å². The molecule has 0 spiro atoms. The van der Waals surface area contributed by atoms with Crippen LogP contribution in [0.2, 0.25) is 0 Å². The van der Waals surface area contributed by atoms with Crippen LogP contribution in [0, 0.1) is 0 Å². The van der Waals surface area contributed by atoms with Crippen molar-refractivity contribution in [1.29, 1.82) is 0 Å². The van der Waals surface area contributed by atoms with Crippen molar-refractivity contribution < 1.29 is 26.4 Å². The predicted octanol–water partition coefficient (Wildman–Crippen LogP) is 3.94. The van der Waals surface area contributed by atoms with E-state index in [1.54, 1.807) is 0 Å². The van der Waals surface area contributed by atoms with Crippen LogP contribution in [-0.2, 0) is 21.0 Å². The molecule has 0 saturated carbocycles. The van der Waals surface area contributed by atoms with Gasteiger partial charge in [0.25, 0.3) is 10.0 Å². The standard InChI is InChI=1S/C16H13F3N2O3S2/c17-16(18,19)11-3-1-2-4-12(11)21-26(23,24)10-5-6-14-13(9-10)20-15(22)7-8-25-14/h1-6,9,21H,7-8H2,(H,20,22). The molecule has 1 aliphatic rings. The van der Waals surface area contributed by atoms with E-state index in [0.29, 0.717) is 22.8 Å². The summed E-state index contributed by atoms with van der Waals surface area (Å²) in [7, 11) is -4.27. The lowest BCUT2D eigenvalue weighted by atomic mass is 10.2. The van der Waals surface area contributed by atoms with Crippen molar-refractivity contribution in [2.45, 2.75) is 22.4 Å². The third kappa shape index (κ3) is 3.96. The number of hydrogen-bond acceptors (Lipinski definition) is 4. The number of halogens is 3. The van der Waals surface area contributed by atoms with Crippen LogP contribution in [0.4, 0.5) is 24.5 Å². The second-order valence-corrected chi connectivity index (χ2v) is 8.27. The van der Waals surface area contributed by atoms with Gasteiger partial charge >= 0.3 is 6.18 Å². The Morgan fingerprint density at radius 1 is 1.12 bits per heavy atom. The highest BCUT2D eigenvalue weighted by Crippen LogP contribution is 2.36. The molecule has 0 aromatic heterocycles. The molecular weight excluding hydrogens is 389 g/mol. The van der Waals surface area contributed by atoms with Gasteiger partial charge in [-0.15, -0.1) is 11.8 Å². The summed E-state index contributed by atoms with van der Waals surface area (Å²) in [6.07, 6.45) is -4.41. The van der Waals surface area contributed by atoms with Gasteiger partial charge in [-0.05, 0) is 30.3 Å². The Labute approximate surface area is 152 Å². The van der Waals surface area contributed by atoms with Crippen LogP contribution in [0.3, 0.4) is 0 Å². The molecule has 1 amide bonds. The number of alkyl halides is 3. The molecule has 0 atom stereocenters. The maximum Gasteiger partial charge on any atom is 0.418 e. The van der Waals surface area contributed by atoms with Gasteiger partial charge in [0.15, 0.2) is 0 Å².